The van der Waals surface area contributed by atoms with Crippen LogP contribution in [0.4, 0.5) is 0 Å². The molecule has 0 N–H and O–H groups in total. The molecule has 118 valence electrons. The lowest BCUT2D eigenvalue weighted by molar-refractivity contribution is -0.0195. The molecule has 0 amide bonds. The highest BCUT2D eigenvalue weighted by Crippen LogP contribution is 2.27. The quantitative estimate of drug-likeness (QED) is 0.602. The van der Waals surface area contributed by atoms with Gasteiger partial charge in [0.2, 0.25) is 0 Å². The third kappa shape index (κ3) is 3.99. The molecular formula is C17H17N3O2S. The van der Waals surface area contributed by atoms with E-state index in [9.17, 15) is 0 Å². The van der Waals surface area contributed by atoms with Crippen molar-refractivity contribution >= 4 is 17.4 Å². The van der Waals surface area contributed by atoms with E-state index in [1.807, 2.05) is 30.5 Å². The van der Waals surface area contributed by atoms with Crippen molar-refractivity contribution in [3.63, 3.8) is 0 Å². The van der Waals surface area contributed by atoms with E-state index in [2.05, 4.69) is 32.3 Å². The molecule has 0 aliphatic heterocycles. The summed E-state index contributed by atoms with van der Waals surface area (Å²) in [6, 6.07) is 8.05. The SMILES string of the molecule is COc1ccc(-c2ccc(COC3CC(N=C=S)C3)nc2)nc1. The second-order valence-electron chi connectivity index (χ2n) is 5.40. The number of hydrogen-bond acceptors (Lipinski definition) is 6. The van der Waals surface area contributed by atoms with Gasteiger partial charge in [-0.3, -0.25) is 9.97 Å². The number of pyridine rings is 2. The minimum atomic E-state index is 0.247. The molecule has 0 unspecified atom stereocenters. The maximum Gasteiger partial charge on any atom is 0.137 e. The number of methoxy groups -OCH3 is 1. The molecule has 23 heavy (non-hydrogen) atoms. The highest BCUT2D eigenvalue weighted by Gasteiger charge is 2.29. The van der Waals surface area contributed by atoms with Gasteiger partial charge in [-0.05, 0) is 49.3 Å². The Balaban J connectivity index is 1.54. The monoisotopic (exact) mass is 327 g/mol. The number of hydrogen-bond donors (Lipinski definition) is 0. The third-order valence-corrected chi connectivity index (χ3v) is 3.97. The van der Waals surface area contributed by atoms with E-state index in [1.165, 1.54) is 0 Å². The van der Waals surface area contributed by atoms with Crippen molar-refractivity contribution in [1.29, 1.82) is 0 Å². The molecule has 2 aromatic rings. The molecule has 2 aromatic heterocycles. The number of isothiocyanates is 1. The van der Waals surface area contributed by atoms with Crippen molar-refractivity contribution < 1.29 is 9.47 Å². The number of aromatic nitrogens is 2. The number of rotatable bonds is 6. The number of thiocarbonyl (C=S) groups is 1. The largest absolute Gasteiger partial charge is 0.495 e. The van der Waals surface area contributed by atoms with Crippen LogP contribution < -0.4 is 4.74 Å². The van der Waals surface area contributed by atoms with Gasteiger partial charge in [0.15, 0.2) is 0 Å². The van der Waals surface area contributed by atoms with Crippen molar-refractivity contribution in [3.05, 3.63) is 42.4 Å². The van der Waals surface area contributed by atoms with Gasteiger partial charge in [-0.15, -0.1) is 0 Å². The normalized spacial score (nSPS) is 19.5. The van der Waals surface area contributed by atoms with E-state index in [1.54, 1.807) is 13.3 Å². The number of ether oxygens (including phenoxy) is 2. The molecule has 3 rings (SSSR count). The summed E-state index contributed by atoms with van der Waals surface area (Å²) >= 11 is 4.60. The second kappa shape index (κ2) is 7.42. The van der Waals surface area contributed by atoms with Gasteiger partial charge in [0, 0.05) is 11.8 Å². The molecule has 2 heterocycles. The first-order valence-electron chi connectivity index (χ1n) is 7.42. The second-order valence-corrected chi connectivity index (χ2v) is 5.58. The Hall–Kier alpha value is -2.14. The van der Waals surface area contributed by atoms with Gasteiger partial charge in [0.25, 0.3) is 0 Å². The molecule has 0 spiro atoms. The molecule has 1 fully saturated rings. The predicted octanol–water partition coefficient (Wildman–Crippen LogP) is 3.30. The van der Waals surface area contributed by atoms with Gasteiger partial charge in [-0.25, -0.2) is 4.99 Å². The summed E-state index contributed by atoms with van der Waals surface area (Å²) in [5.74, 6) is 0.739. The van der Waals surface area contributed by atoms with Crippen LogP contribution in [0.1, 0.15) is 18.5 Å². The smallest absolute Gasteiger partial charge is 0.137 e. The van der Waals surface area contributed by atoms with Crippen LogP contribution in [0, 0.1) is 0 Å². The molecule has 0 bridgehead atoms. The highest BCUT2D eigenvalue weighted by molar-refractivity contribution is 7.78. The maximum atomic E-state index is 5.80. The Kier molecular flexibility index (Phi) is 5.08. The molecule has 1 aliphatic rings. The van der Waals surface area contributed by atoms with Crippen LogP contribution in [0.5, 0.6) is 5.75 Å². The predicted molar refractivity (Wildman–Crippen MR) is 90.6 cm³/mol. The Morgan fingerprint density at radius 2 is 2.09 bits per heavy atom. The summed E-state index contributed by atoms with van der Waals surface area (Å²) in [6.45, 7) is 0.509. The summed E-state index contributed by atoms with van der Waals surface area (Å²) < 4.78 is 10.9. The molecule has 0 radical (unpaired) electrons. The average Bonchev–Trinajstić information content (AvgIpc) is 2.57. The standard InChI is InChI=1S/C17H17N3O2S/c1-21-15-4-5-17(19-9-15)12-2-3-13(18-8-12)10-22-16-6-14(7-16)20-11-23/h2-5,8-9,14,16H,6-7,10H2,1H3. The van der Waals surface area contributed by atoms with Crippen LogP contribution in [0.2, 0.25) is 0 Å². The van der Waals surface area contributed by atoms with Crippen molar-refractivity contribution in [1.82, 2.24) is 9.97 Å². The summed E-state index contributed by atoms with van der Waals surface area (Å²) in [6.07, 6.45) is 5.58. The van der Waals surface area contributed by atoms with Crippen LogP contribution in [0.3, 0.4) is 0 Å². The first-order valence-corrected chi connectivity index (χ1v) is 7.83. The van der Waals surface area contributed by atoms with E-state index in [-0.39, 0.29) is 12.1 Å². The third-order valence-electron chi connectivity index (χ3n) is 3.86. The lowest BCUT2D eigenvalue weighted by atomic mass is 9.90. The number of aliphatic imine (C=N–C) groups is 1. The zero-order chi connectivity index (χ0) is 16.1. The molecular weight excluding hydrogens is 310 g/mol. The lowest BCUT2D eigenvalue weighted by Gasteiger charge is -2.31. The first-order chi connectivity index (χ1) is 11.3. The van der Waals surface area contributed by atoms with Crippen molar-refractivity contribution in [2.45, 2.75) is 31.6 Å². The van der Waals surface area contributed by atoms with Crippen LogP contribution in [0.25, 0.3) is 11.3 Å². The van der Waals surface area contributed by atoms with Crippen LogP contribution in [-0.2, 0) is 11.3 Å². The molecule has 6 heteroatoms. The molecule has 0 atom stereocenters. The minimum absolute atomic E-state index is 0.247. The van der Waals surface area contributed by atoms with E-state index in [0.717, 1.165) is 35.5 Å². The summed E-state index contributed by atoms with van der Waals surface area (Å²) in [7, 11) is 1.62. The lowest BCUT2D eigenvalue weighted by Crippen LogP contribution is -2.34. The van der Waals surface area contributed by atoms with E-state index >= 15 is 0 Å². The van der Waals surface area contributed by atoms with E-state index in [4.69, 9.17) is 9.47 Å². The van der Waals surface area contributed by atoms with Gasteiger partial charge in [0.05, 0.1) is 48.6 Å². The highest BCUT2D eigenvalue weighted by atomic mass is 32.1. The van der Waals surface area contributed by atoms with Gasteiger partial charge in [-0.1, -0.05) is 0 Å². The Morgan fingerprint density at radius 1 is 1.22 bits per heavy atom. The zero-order valence-electron chi connectivity index (χ0n) is 12.8. The fourth-order valence-electron chi connectivity index (χ4n) is 2.39. The van der Waals surface area contributed by atoms with Gasteiger partial charge >= 0.3 is 0 Å². The van der Waals surface area contributed by atoms with Crippen LogP contribution in [-0.4, -0.2) is 34.4 Å². The first kappa shape index (κ1) is 15.7. The maximum absolute atomic E-state index is 5.80. The van der Waals surface area contributed by atoms with Crippen molar-refractivity contribution in [2.75, 3.05) is 7.11 Å². The van der Waals surface area contributed by atoms with Crippen molar-refractivity contribution in [3.8, 4) is 17.0 Å². The summed E-state index contributed by atoms with van der Waals surface area (Å²) in [5.41, 5.74) is 2.74. The fraction of sp³-hybridized carbons (Fsp3) is 0.353. The molecule has 0 saturated heterocycles. The summed E-state index contributed by atoms with van der Waals surface area (Å²) in [5, 5.41) is 2.42. The van der Waals surface area contributed by atoms with Crippen molar-refractivity contribution in [2.24, 2.45) is 4.99 Å². The number of nitrogens with zero attached hydrogens (tertiary/aromatic N) is 3. The van der Waals surface area contributed by atoms with Crippen LogP contribution in [0.15, 0.2) is 41.7 Å². The summed E-state index contributed by atoms with van der Waals surface area (Å²) in [4.78, 5) is 12.8. The minimum Gasteiger partial charge on any atom is -0.495 e. The molecule has 1 aliphatic carbocycles. The van der Waals surface area contributed by atoms with Gasteiger partial charge in [0.1, 0.15) is 5.75 Å². The van der Waals surface area contributed by atoms with E-state index < -0.39 is 0 Å². The molecule has 5 nitrogen and oxygen atoms in total. The van der Waals surface area contributed by atoms with Crippen LogP contribution >= 0.6 is 12.2 Å². The topological polar surface area (TPSA) is 56.6 Å². The molecule has 0 aromatic carbocycles. The Bertz CT molecular complexity index is 691. The molecule has 1 saturated carbocycles. The average molecular weight is 327 g/mol. The van der Waals surface area contributed by atoms with E-state index in [0.29, 0.717) is 6.61 Å². The van der Waals surface area contributed by atoms with Gasteiger partial charge < -0.3 is 9.47 Å². The fourth-order valence-corrected chi connectivity index (χ4v) is 2.54. The Morgan fingerprint density at radius 3 is 2.70 bits per heavy atom. The zero-order valence-corrected chi connectivity index (χ0v) is 13.6. The van der Waals surface area contributed by atoms with Gasteiger partial charge in [-0.2, -0.15) is 0 Å². The Labute approximate surface area is 140 Å².